The van der Waals surface area contributed by atoms with Crippen molar-refractivity contribution in [3.8, 4) is 44.7 Å². The van der Waals surface area contributed by atoms with Crippen molar-refractivity contribution in [3.05, 3.63) is 115 Å². The summed E-state index contributed by atoms with van der Waals surface area (Å²) in [6, 6.07) is 34.4. The molecule has 2 N–H and O–H groups in total. The molecule has 0 aromatic heterocycles. The van der Waals surface area contributed by atoms with Crippen molar-refractivity contribution < 1.29 is 17.4 Å². The van der Waals surface area contributed by atoms with E-state index in [2.05, 4.69) is 5.32 Å². The van der Waals surface area contributed by atoms with E-state index in [1.807, 2.05) is 98.8 Å². The Kier molecular flexibility index (Phi) is 7.37. The molecule has 0 bridgehead atoms. The molecule has 2 aliphatic rings. The maximum atomic E-state index is 12.7. The quantitative estimate of drug-likeness (QED) is 0.148. The van der Waals surface area contributed by atoms with Gasteiger partial charge >= 0.3 is 0 Å². The van der Waals surface area contributed by atoms with E-state index in [9.17, 15) is 13.0 Å². The summed E-state index contributed by atoms with van der Waals surface area (Å²) in [5.74, 6) is 0.560. The molecule has 0 unspecified atom stereocenters. The number of anilines is 1. The molecule has 1 heterocycles. The minimum Gasteiger partial charge on any atom is -0.456 e. The van der Waals surface area contributed by atoms with Crippen molar-refractivity contribution in [1.82, 2.24) is 0 Å². The largest absolute Gasteiger partial charge is 0.456 e. The van der Waals surface area contributed by atoms with E-state index in [0.29, 0.717) is 41.1 Å². The molecule has 210 valence electrons. The Morgan fingerprint density at radius 1 is 0.738 bits per heavy atom. The van der Waals surface area contributed by atoms with Crippen LogP contribution < -0.4 is 10.7 Å². The molecule has 0 saturated heterocycles. The third-order valence-electron chi connectivity index (χ3n) is 7.28. The fourth-order valence-electron chi connectivity index (χ4n) is 5.50. The first kappa shape index (κ1) is 27.4. The number of benzene rings is 5. The van der Waals surface area contributed by atoms with Crippen LogP contribution in [0.1, 0.15) is 13.8 Å². The highest BCUT2D eigenvalue weighted by atomic mass is 32.2. The van der Waals surface area contributed by atoms with Crippen LogP contribution in [0.3, 0.4) is 0 Å². The second-order valence-corrected chi connectivity index (χ2v) is 11.3. The van der Waals surface area contributed by atoms with Gasteiger partial charge in [-0.2, -0.15) is 8.42 Å². The van der Waals surface area contributed by atoms with Crippen LogP contribution >= 0.6 is 0 Å². The summed E-state index contributed by atoms with van der Waals surface area (Å²) >= 11 is 0. The van der Waals surface area contributed by atoms with Crippen molar-refractivity contribution in [2.45, 2.75) is 18.7 Å². The zero-order valence-corrected chi connectivity index (χ0v) is 24.2. The second kappa shape index (κ2) is 11.3. The Bertz CT molecular complexity index is 2050. The molecule has 0 spiro atoms. The van der Waals surface area contributed by atoms with Crippen LogP contribution in [0.5, 0.6) is 0 Å². The minimum absolute atomic E-state index is 0.167. The Morgan fingerprint density at radius 2 is 1.38 bits per heavy atom. The summed E-state index contributed by atoms with van der Waals surface area (Å²) in [5.41, 5.74) is 7.06. The summed E-state index contributed by atoms with van der Waals surface area (Å²) in [5, 5.41) is 4.96. The first-order valence-electron chi connectivity index (χ1n) is 13.9. The molecular formula is C35H30N2O4S. The van der Waals surface area contributed by atoms with E-state index in [4.69, 9.17) is 9.41 Å². The first-order chi connectivity index (χ1) is 20.4. The van der Waals surface area contributed by atoms with Gasteiger partial charge in [0.15, 0.2) is 0 Å². The van der Waals surface area contributed by atoms with Crippen LogP contribution in [-0.2, 0) is 10.1 Å². The molecule has 6 rings (SSSR count). The summed E-state index contributed by atoms with van der Waals surface area (Å²) in [6.07, 6.45) is 0. The molecule has 1 aliphatic heterocycles. The summed E-state index contributed by atoms with van der Waals surface area (Å²) < 4.78 is 42.2. The van der Waals surface area contributed by atoms with Gasteiger partial charge in [0.05, 0.1) is 5.36 Å². The Balaban J connectivity index is 1.82. The topological polar surface area (TPSA) is 91.9 Å². The second-order valence-electron chi connectivity index (χ2n) is 9.94. The van der Waals surface area contributed by atoms with Gasteiger partial charge in [0.1, 0.15) is 16.2 Å². The molecular weight excluding hydrogens is 544 g/mol. The van der Waals surface area contributed by atoms with E-state index in [-0.39, 0.29) is 4.90 Å². The number of hydrogen-bond acceptors (Lipinski definition) is 5. The van der Waals surface area contributed by atoms with Crippen molar-refractivity contribution in [3.63, 3.8) is 0 Å². The van der Waals surface area contributed by atoms with Crippen molar-refractivity contribution in [2.75, 3.05) is 18.4 Å². The predicted octanol–water partition coefficient (Wildman–Crippen LogP) is 8.14. The van der Waals surface area contributed by atoms with Crippen LogP contribution in [0.2, 0.25) is 0 Å². The van der Waals surface area contributed by atoms with Gasteiger partial charge < -0.3 is 9.73 Å². The molecule has 1 aliphatic carbocycles. The summed E-state index contributed by atoms with van der Waals surface area (Å²) in [4.78, 5) is 4.60. The van der Waals surface area contributed by atoms with Crippen LogP contribution in [0.25, 0.3) is 55.7 Å². The Labute approximate surface area is 245 Å². The van der Waals surface area contributed by atoms with E-state index in [0.717, 1.165) is 38.7 Å². The lowest BCUT2D eigenvalue weighted by Gasteiger charge is -2.20. The molecule has 0 radical (unpaired) electrons. The fourth-order valence-corrected chi connectivity index (χ4v) is 6.20. The van der Waals surface area contributed by atoms with Gasteiger partial charge in [-0.05, 0) is 43.2 Å². The van der Waals surface area contributed by atoms with Gasteiger partial charge in [-0.3, -0.25) is 9.55 Å². The van der Waals surface area contributed by atoms with Gasteiger partial charge in [0, 0.05) is 64.1 Å². The van der Waals surface area contributed by atoms with Crippen LogP contribution in [0.4, 0.5) is 5.69 Å². The SMILES string of the molecule is CCN=c1cc2oc3cc(NCC)c(-c4ccccc4)cc3c(-c3ccccc3S(=O)(=O)O)c-2cc1-c1ccccc1. The molecule has 7 heteroatoms. The third-order valence-corrected chi connectivity index (χ3v) is 8.19. The minimum atomic E-state index is -4.54. The van der Waals surface area contributed by atoms with Gasteiger partial charge in [0.2, 0.25) is 0 Å². The molecule has 42 heavy (non-hydrogen) atoms. The average molecular weight is 575 g/mol. The number of nitrogens with one attached hydrogen (secondary N) is 1. The van der Waals surface area contributed by atoms with E-state index >= 15 is 0 Å². The lowest BCUT2D eigenvalue weighted by molar-refractivity contribution is 0.483. The highest BCUT2D eigenvalue weighted by Gasteiger charge is 2.25. The molecule has 0 saturated carbocycles. The van der Waals surface area contributed by atoms with Crippen molar-refractivity contribution in [1.29, 1.82) is 0 Å². The highest BCUT2D eigenvalue weighted by Crippen LogP contribution is 2.45. The van der Waals surface area contributed by atoms with E-state index in [1.165, 1.54) is 6.07 Å². The standard InChI is InChI=1S/C35H30N2O4S/c1-3-36-30-21-32-28(19-26(30)23-13-7-5-8-14-23)35(25-17-11-12-18-34(25)42(38,39)40)29-20-27(24-15-9-6-10-16-24)31(37-4-2)22-33(29)41-32/h5-22,36H,3-4H2,1-2H3,(H,38,39,40). The third kappa shape index (κ3) is 5.09. The van der Waals surface area contributed by atoms with Gasteiger partial charge in [0.25, 0.3) is 10.1 Å². The fraction of sp³-hybridized carbons (Fsp3) is 0.114. The van der Waals surface area contributed by atoms with Crippen LogP contribution in [0.15, 0.2) is 123 Å². The number of nitrogens with zero attached hydrogens (tertiary/aromatic N) is 1. The number of rotatable bonds is 7. The van der Waals surface area contributed by atoms with Gasteiger partial charge in [-0.1, -0.05) is 78.9 Å². The summed E-state index contributed by atoms with van der Waals surface area (Å²) in [6.45, 7) is 5.31. The van der Waals surface area contributed by atoms with Crippen molar-refractivity contribution >= 4 is 26.8 Å². The zero-order chi connectivity index (χ0) is 29.3. The summed E-state index contributed by atoms with van der Waals surface area (Å²) in [7, 11) is -4.54. The lowest BCUT2D eigenvalue weighted by Crippen LogP contribution is -2.09. The first-order valence-corrected chi connectivity index (χ1v) is 15.3. The number of fused-ring (bicyclic) bond motifs is 2. The van der Waals surface area contributed by atoms with E-state index in [1.54, 1.807) is 18.2 Å². The molecule has 0 amide bonds. The molecule has 6 nitrogen and oxygen atoms in total. The molecule has 0 atom stereocenters. The maximum absolute atomic E-state index is 12.7. The Hall–Kier alpha value is -4.72. The lowest BCUT2D eigenvalue weighted by atomic mass is 9.89. The van der Waals surface area contributed by atoms with Crippen LogP contribution in [-0.4, -0.2) is 26.1 Å². The average Bonchev–Trinajstić information content (AvgIpc) is 3.00. The van der Waals surface area contributed by atoms with E-state index < -0.39 is 10.1 Å². The van der Waals surface area contributed by atoms with Gasteiger partial charge in [-0.25, -0.2) is 0 Å². The zero-order valence-electron chi connectivity index (χ0n) is 23.3. The number of hydrogen-bond donors (Lipinski definition) is 2. The molecule has 4 aromatic rings. The normalized spacial score (nSPS) is 12.2. The monoisotopic (exact) mass is 574 g/mol. The molecule has 0 fully saturated rings. The smallest absolute Gasteiger partial charge is 0.295 e. The Morgan fingerprint density at radius 3 is 2.02 bits per heavy atom. The maximum Gasteiger partial charge on any atom is 0.295 e. The van der Waals surface area contributed by atoms with Crippen molar-refractivity contribution in [2.24, 2.45) is 4.99 Å². The van der Waals surface area contributed by atoms with Crippen LogP contribution in [0, 0.1) is 0 Å². The highest BCUT2D eigenvalue weighted by molar-refractivity contribution is 7.86. The van der Waals surface area contributed by atoms with Gasteiger partial charge in [-0.15, -0.1) is 0 Å². The molecule has 4 aromatic carbocycles. The predicted molar refractivity (Wildman–Crippen MR) is 169 cm³/mol.